The fourth-order valence-electron chi connectivity index (χ4n) is 6.28. The van der Waals surface area contributed by atoms with Gasteiger partial charge in [-0.2, -0.15) is 17.5 Å². The Morgan fingerprint density at radius 3 is 1.36 bits per heavy atom. The van der Waals surface area contributed by atoms with Gasteiger partial charge in [-0.3, -0.25) is 0 Å². The van der Waals surface area contributed by atoms with E-state index in [0.29, 0.717) is 0 Å². The van der Waals surface area contributed by atoms with Crippen molar-refractivity contribution in [3.63, 3.8) is 0 Å². The fourth-order valence-corrected chi connectivity index (χ4v) is 9.53. The Labute approximate surface area is 304 Å². The predicted molar refractivity (Wildman–Crippen MR) is 208 cm³/mol. The second-order valence-corrected chi connectivity index (χ2v) is 15.8. The van der Waals surface area contributed by atoms with E-state index in [1.165, 1.54) is 85.9 Å². The van der Waals surface area contributed by atoms with E-state index in [9.17, 15) is 0 Å². The summed E-state index contributed by atoms with van der Waals surface area (Å²) in [5.74, 6) is 0. The predicted octanol–water partition coefficient (Wildman–Crippen LogP) is 12.9. The Hall–Kier alpha value is -2.70. The van der Waals surface area contributed by atoms with Gasteiger partial charge in [-0.15, -0.1) is 11.3 Å². The van der Waals surface area contributed by atoms with Crippen molar-refractivity contribution in [2.24, 2.45) is 0 Å². The maximum absolute atomic E-state index is 4.77. The minimum absolute atomic E-state index is 0.936. The lowest BCUT2D eigenvalue weighted by Gasteiger charge is -2.05. The third-order valence-electron chi connectivity index (χ3n) is 8.84. The third-order valence-corrected chi connectivity index (χ3v) is 12.5. The largest absolute Gasteiger partial charge is 0.349 e. The molecule has 0 unspecified atom stereocenters. The number of benzene rings is 2. The van der Waals surface area contributed by atoms with E-state index in [2.05, 4.69) is 104 Å². The van der Waals surface area contributed by atoms with Crippen molar-refractivity contribution >= 4 is 88.7 Å². The second kappa shape index (κ2) is 14.8. The molecule has 2 N–H and O–H groups in total. The molecule has 7 rings (SSSR count). The fraction of sp³-hybridized carbons (Fsp3) is 0.333. The average molecular weight is 809 g/mol. The van der Waals surface area contributed by atoms with Gasteiger partial charge >= 0.3 is 0 Å². The zero-order valence-electron chi connectivity index (χ0n) is 26.5. The van der Waals surface area contributed by atoms with Crippen LogP contribution in [0.25, 0.3) is 65.5 Å². The lowest BCUT2D eigenvalue weighted by atomic mass is 10.0. The summed E-state index contributed by atoms with van der Waals surface area (Å²) in [5.41, 5.74) is 12.9. The van der Waals surface area contributed by atoms with E-state index in [4.69, 9.17) is 17.5 Å². The van der Waals surface area contributed by atoms with Gasteiger partial charge in [-0.1, -0.05) is 64.5 Å². The van der Waals surface area contributed by atoms with Crippen LogP contribution in [0.3, 0.4) is 0 Å². The molecular weight excluding hydrogens is 772 g/mol. The van der Waals surface area contributed by atoms with E-state index >= 15 is 0 Å². The summed E-state index contributed by atoms with van der Waals surface area (Å²) in [7, 11) is 0. The van der Waals surface area contributed by atoms with Gasteiger partial charge in [0.25, 0.3) is 0 Å². The molecule has 0 aliphatic rings. The highest BCUT2D eigenvalue weighted by molar-refractivity contribution is 9.10. The molecule has 0 atom stereocenters. The van der Waals surface area contributed by atoms with Crippen LogP contribution in [0.1, 0.15) is 76.3 Å². The number of thiophene rings is 1. The van der Waals surface area contributed by atoms with Crippen LogP contribution in [-0.2, 0) is 12.8 Å². The molecule has 2 aromatic carbocycles. The summed E-state index contributed by atoms with van der Waals surface area (Å²) in [5, 5.41) is 0. The molecule has 0 bridgehead atoms. The molecule has 0 fully saturated rings. The zero-order valence-corrected chi connectivity index (χ0v) is 32.1. The van der Waals surface area contributed by atoms with Crippen molar-refractivity contribution in [1.29, 1.82) is 0 Å². The number of nitrogens with one attached hydrogen (secondary N) is 2. The van der Waals surface area contributed by atoms with Gasteiger partial charge in [0.05, 0.1) is 32.7 Å². The first-order valence-corrected chi connectivity index (χ1v) is 20.3. The Balaban J connectivity index is 1.16. The Morgan fingerprint density at radius 1 is 0.532 bits per heavy atom. The summed E-state index contributed by atoms with van der Waals surface area (Å²) in [4.78, 5) is 9.44. The minimum atomic E-state index is 0.936. The monoisotopic (exact) mass is 806 g/mol. The molecule has 0 saturated carbocycles. The number of aromatic nitrogens is 6. The van der Waals surface area contributed by atoms with Crippen molar-refractivity contribution in [2.75, 3.05) is 0 Å². The molecule has 5 heterocycles. The summed E-state index contributed by atoms with van der Waals surface area (Å²) in [6, 6.07) is 17.7. The molecule has 0 saturated heterocycles. The first-order valence-electron chi connectivity index (χ1n) is 16.4. The summed E-state index contributed by atoms with van der Waals surface area (Å²) < 4.78 is 21.2. The molecule has 0 aliphatic carbocycles. The number of aromatic amines is 2. The Bertz CT molecular complexity index is 1990. The van der Waals surface area contributed by atoms with Crippen molar-refractivity contribution in [1.82, 2.24) is 27.5 Å². The first-order chi connectivity index (χ1) is 23.1. The van der Waals surface area contributed by atoms with Crippen LogP contribution in [-0.4, -0.2) is 27.5 Å². The number of nitrogens with zero attached hydrogens (tertiary/aromatic N) is 4. The molecule has 11 heteroatoms. The first kappa shape index (κ1) is 32.8. The molecule has 0 amide bonds. The van der Waals surface area contributed by atoms with Crippen LogP contribution in [0.4, 0.5) is 0 Å². The second-order valence-electron chi connectivity index (χ2n) is 12.1. The molecule has 0 radical (unpaired) electrons. The van der Waals surface area contributed by atoms with Crippen LogP contribution >= 0.6 is 66.7 Å². The number of hydrogen-bond acceptors (Lipinski definition) is 7. The van der Waals surface area contributed by atoms with Crippen LogP contribution in [0, 0.1) is 0 Å². The Kier molecular flexibility index (Phi) is 10.4. The molecule has 0 spiro atoms. The molecular formula is C36H36Br2N6S3. The van der Waals surface area contributed by atoms with Crippen molar-refractivity contribution < 1.29 is 0 Å². The lowest BCUT2D eigenvalue weighted by molar-refractivity contribution is 0.666. The van der Waals surface area contributed by atoms with Crippen molar-refractivity contribution in [2.45, 2.75) is 78.1 Å². The third kappa shape index (κ3) is 6.79. The quantitative estimate of drug-likeness (QED) is 0.107. The minimum Gasteiger partial charge on any atom is -0.349 e. The maximum atomic E-state index is 4.77. The van der Waals surface area contributed by atoms with Crippen LogP contribution in [0.15, 0.2) is 57.7 Å². The van der Waals surface area contributed by atoms with E-state index in [1.807, 2.05) is 0 Å². The van der Waals surface area contributed by atoms with Crippen molar-refractivity contribution in [3.05, 3.63) is 68.9 Å². The summed E-state index contributed by atoms with van der Waals surface area (Å²) in [6.07, 6.45) is 12.1. The number of unbranched alkanes of at least 4 members (excludes halogenated alkanes) is 6. The highest BCUT2D eigenvalue weighted by atomic mass is 79.9. The van der Waals surface area contributed by atoms with Crippen LogP contribution < -0.4 is 0 Å². The van der Waals surface area contributed by atoms with Gasteiger partial charge < -0.3 is 9.97 Å². The van der Waals surface area contributed by atoms with Gasteiger partial charge in [-0.05, 0) is 105 Å². The number of hydrogen-bond donors (Lipinski definition) is 2. The summed E-state index contributed by atoms with van der Waals surface area (Å²) in [6.45, 7) is 4.50. The number of H-pyrrole nitrogens is 2. The highest BCUT2D eigenvalue weighted by Crippen LogP contribution is 2.43. The number of halogens is 2. The SMILES string of the molecule is CCCCCCc1cc(-c2ccc(-c3ccc(-c4ccc(-c5cc(CCCCCC)c(Br)[nH]5)c5nsnc45)s3)c3nsnc23)[nH]c1Br. The lowest BCUT2D eigenvalue weighted by Crippen LogP contribution is -1.85. The van der Waals surface area contributed by atoms with Gasteiger partial charge in [0.1, 0.15) is 22.1 Å². The smallest absolute Gasteiger partial charge is 0.114 e. The zero-order chi connectivity index (χ0) is 32.3. The molecule has 5 aromatic heterocycles. The molecule has 0 aliphatic heterocycles. The van der Waals surface area contributed by atoms with Crippen molar-refractivity contribution in [3.8, 4) is 43.4 Å². The highest BCUT2D eigenvalue weighted by Gasteiger charge is 2.20. The van der Waals surface area contributed by atoms with Gasteiger partial charge in [0.15, 0.2) is 0 Å². The summed E-state index contributed by atoms with van der Waals surface area (Å²) >= 11 is 11.8. The normalized spacial score (nSPS) is 11.8. The Morgan fingerprint density at radius 2 is 0.936 bits per heavy atom. The van der Waals surface area contributed by atoms with E-state index in [1.54, 1.807) is 11.3 Å². The van der Waals surface area contributed by atoms with Gasteiger partial charge in [-0.25, -0.2) is 0 Å². The van der Waals surface area contributed by atoms with E-state index in [-0.39, 0.29) is 0 Å². The van der Waals surface area contributed by atoms with Gasteiger partial charge in [0, 0.05) is 43.4 Å². The molecule has 47 heavy (non-hydrogen) atoms. The topological polar surface area (TPSA) is 83.1 Å². The standard InChI is InChI=1S/C36H36Br2N6S3/c1-3-5-7-9-11-21-19-27(39-35(21)37)23-13-15-25(33-31(23)41-46-43-33)29-17-18-30(45-29)26-16-14-24(32-34(26)44-47-42-32)28-20-22(36(38)40-28)12-10-8-6-4-2/h13-20,39-40H,3-12H2,1-2H3. The van der Waals surface area contributed by atoms with E-state index < -0.39 is 0 Å². The van der Waals surface area contributed by atoms with Gasteiger partial charge in [0.2, 0.25) is 0 Å². The number of aryl methyl sites for hydroxylation is 2. The number of rotatable bonds is 14. The molecule has 242 valence electrons. The maximum Gasteiger partial charge on any atom is 0.114 e. The molecule has 7 aromatic rings. The van der Waals surface area contributed by atoms with Crippen LogP contribution in [0.5, 0.6) is 0 Å². The van der Waals surface area contributed by atoms with E-state index in [0.717, 1.165) is 87.5 Å². The average Bonchev–Trinajstić information content (AvgIpc) is 3.92. The molecule has 6 nitrogen and oxygen atoms in total. The van der Waals surface area contributed by atoms with Crippen LogP contribution in [0.2, 0.25) is 0 Å². The number of fused-ring (bicyclic) bond motifs is 2.